The van der Waals surface area contributed by atoms with Crippen LogP contribution >= 0.6 is 23.5 Å². The molecule has 2 N–H and O–H groups in total. The Morgan fingerprint density at radius 3 is 1.89 bits per heavy atom. The van der Waals surface area contributed by atoms with Gasteiger partial charge in [0.15, 0.2) is 0 Å². The summed E-state index contributed by atoms with van der Waals surface area (Å²) in [7, 11) is 2.17. The van der Waals surface area contributed by atoms with Gasteiger partial charge in [0, 0.05) is 16.6 Å². The Bertz CT molecular complexity index is 772. The van der Waals surface area contributed by atoms with Crippen LogP contribution in [0.25, 0.3) is 0 Å². The summed E-state index contributed by atoms with van der Waals surface area (Å²) in [6, 6.07) is 5.17. The Kier molecular flexibility index (Phi) is 7.90. The number of anilines is 1. The predicted molar refractivity (Wildman–Crippen MR) is 119 cm³/mol. The van der Waals surface area contributed by atoms with Crippen LogP contribution in [0.1, 0.15) is 40.7 Å². The summed E-state index contributed by atoms with van der Waals surface area (Å²) in [5.74, 6) is 0.0898. The zero-order valence-corrected chi connectivity index (χ0v) is 18.8. The molecule has 0 aliphatic carbocycles. The number of likely N-dealkylation sites (tertiary alicyclic amines) is 1. The van der Waals surface area contributed by atoms with E-state index in [0.717, 1.165) is 5.69 Å². The van der Waals surface area contributed by atoms with Crippen molar-refractivity contribution < 1.29 is 5.11 Å². The molecule has 3 nitrogen and oxygen atoms in total. The molecule has 0 spiro atoms. The smallest absolute Gasteiger partial charge is 0.136 e. The van der Waals surface area contributed by atoms with Gasteiger partial charge in [-0.1, -0.05) is 11.6 Å². The monoisotopic (exact) mass is 406 g/mol. The molecule has 0 atom stereocenters. The van der Waals surface area contributed by atoms with Gasteiger partial charge in [-0.15, -0.1) is 0 Å². The molecule has 0 saturated carbocycles. The lowest BCUT2D eigenvalue weighted by molar-refractivity contribution is 0.418. The molecule has 0 radical (unpaired) electrons. The molecule has 2 aromatic rings. The Morgan fingerprint density at radius 1 is 0.926 bits per heavy atom. The number of benzene rings is 2. The zero-order valence-electron chi connectivity index (χ0n) is 17.2. The summed E-state index contributed by atoms with van der Waals surface area (Å²) < 4.78 is 3.28. The maximum Gasteiger partial charge on any atom is 0.136 e. The molecule has 1 aliphatic heterocycles. The van der Waals surface area contributed by atoms with Crippen LogP contribution in [0.5, 0.6) is 5.75 Å². The Morgan fingerprint density at radius 2 is 1.44 bits per heavy atom. The van der Waals surface area contributed by atoms with Crippen molar-refractivity contribution >= 4 is 29.2 Å². The highest BCUT2D eigenvalue weighted by Crippen LogP contribution is 2.35. The van der Waals surface area contributed by atoms with Crippen molar-refractivity contribution in [3.8, 4) is 5.75 Å². The molecule has 0 aromatic heterocycles. The van der Waals surface area contributed by atoms with E-state index >= 15 is 0 Å². The van der Waals surface area contributed by atoms with Crippen molar-refractivity contribution in [1.29, 1.82) is 0 Å². The van der Waals surface area contributed by atoms with Gasteiger partial charge in [-0.3, -0.25) is 0 Å². The van der Waals surface area contributed by atoms with Gasteiger partial charge in [-0.2, -0.15) is 0 Å². The van der Waals surface area contributed by atoms with Crippen molar-refractivity contribution in [3.05, 3.63) is 51.0 Å². The molecule has 3 rings (SSSR count). The lowest BCUT2D eigenvalue weighted by Crippen LogP contribution is -2.10. The fraction of sp³-hybridized carbons (Fsp3) is 0.455. The first-order valence-electron chi connectivity index (χ1n) is 9.39. The maximum atomic E-state index is 9.65. The van der Waals surface area contributed by atoms with E-state index in [1.165, 1.54) is 58.6 Å². The predicted octanol–water partition coefficient (Wildman–Crippen LogP) is 6.42. The third-order valence-corrected chi connectivity index (χ3v) is 6.95. The van der Waals surface area contributed by atoms with Gasteiger partial charge < -0.3 is 14.7 Å². The first-order valence-corrected chi connectivity index (χ1v) is 10.6. The van der Waals surface area contributed by atoms with E-state index in [-0.39, 0.29) is 5.75 Å². The summed E-state index contributed by atoms with van der Waals surface area (Å²) >= 11 is 7.40. The number of phenols is 1. The van der Waals surface area contributed by atoms with E-state index in [0.29, 0.717) is 5.02 Å². The largest absolute Gasteiger partial charge is 0.506 e. The fourth-order valence-electron chi connectivity index (χ4n) is 3.18. The Labute approximate surface area is 173 Å². The number of aromatic hydroxyl groups is 1. The maximum absolute atomic E-state index is 9.65. The van der Waals surface area contributed by atoms with E-state index in [1.54, 1.807) is 24.1 Å². The van der Waals surface area contributed by atoms with Crippen LogP contribution in [0.4, 0.5) is 5.69 Å². The average Bonchev–Trinajstić information content (AvgIpc) is 3.12. The summed E-state index contributed by atoms with van der Waals surface area (Å²) in [5.41, 5.74) is 7.45. The van der Waals surface area contributed by atoms with Crippen LogP contribution in [0.15, 0.2) is 23.1 Å². The molecule has 1 heterocycles. The highest BCUT2D eigenvalue weighted by Gasteiger charge is 2.13. The average molecular weight is 407 g/mol. The minimum atomic E-state index is 0.0898. The van der Waals surface area contributed by atoms with E-state index in [1.807, 2.05) is 6.07 Å². The highest BCUT2D eigenvalue weighted by atomic mass is 35.5. The van der Waals surface area contributed by atoms with Gasteiger partial charge in [-0.05, 0) is 119 Å². The fourth-order valence-corrected chi connectivity index (χ4v) is 4.26. The number of phenolic OH excluding ortho intramolecular Hbond substituents is 1. The van der Waals surface area contributed by atoms with Crippen molar-refractivity contribution in [2.75, 3.05) is 24.9 Å². The van der Waals surface area contributed by atoms with Crippen molar-refractivity contribution in [2.24, 2.45) is 0 Å². The number of hydrogen-bond donors (Lipinski definition) is 2. The first kappa shape index (κ1) is 21.9. The summed E-state index contributed by atoms with van der Waals surface area (Å²) in [6.45, 7) is 13.4. The molecule has 5 heteroatoms. The third-order valence-electron chi connectivity index (χ3n) is 5.48. The van der Waals surface area contributed by atoms with Crippen LogP contribution in [-0.4, -0.2) is 30.1 Å². The summed E-state index contributed by atoms with van der Waals surface area (Å²) in [4.78, 5) is 3.60. The second kappa shape index (κ2) is 9.72. The number of nitrogens with one attached hydrogen (secondary N) is 1. The molecule has 0 unspecified atom stereocenters. The van der Waals surface area contributed by atoms with Crippen molar-refractivity contribution in [3.63, 3.8) is 0 Å². The third kappa shape index (κ3) is 5.56. The Balaban J connectivity index is 0.000000369. The van der Waals surface area contributed by atoms with Gasteiger partial charge in [0.25, 0.3) is 0 Å². The minimum Gasteiger partial charge on any atom is -0.506 e. The molecule has 1 aliphatic rings. The molecule has 0 bridgehead atoms. The molecule has 2 aromatic carbocycles. The summed E-state index contributed by atoms with van der Waals surface area (Å²) in [5, 5.41) is 10.0. The van der Waals surface area contributed by atoms with Crippen LogP contribution in [0.3, 0.4) is 0 Å². The number of nitrogens with zero attached hydrogens (tertiary/aromatic N) is 1. The number of rotatable bonds is 3. The van der Waals surface area contributed by atoms with E-state index in [9.17, 15) is 5.11 Å². The molecular weight excluding hydrogens is 376 g/mol. The lowest BCUT2D eigenvalue weighted by atomic mass is 9.95. The number of hydrogen-bond acceptors (Lipinski definition) is 4. The van der Waals surface area contributed by atoms with E-state index in [2.05, 4.69) is 51.3 Å². The van der Waals surface area contributed by atoms with Gasteiger partial charge in [0.2, 0.25) is 0 Å². The van der Waals surface area contributed by atoms with Gasteiger partial charge in [-0.25, -0.2) is 0 Å². The topological polar surface area (TPSA) is 35.5 Å². The van der Waals surface area contributed by atoms with Crippen molar-refractivity contribution in [1.82, 2.24) is 4.90 Å². The number of halogens is 1. The van der Waals surface area contributed by atoms with E-state index < -0.39 is 0 Å². The molecule has 27 heavy (non-hydrogen) atoms. The first-order chi connectivity index (χ1) is 12.7. The summed E-state index contributed by atoms with van der Waals surface area (Å²) in [6.07, 6.45) is 2.83. The SMILES string of the molecule is CN1CCCC1.Cc1c(C)c(C)c(SNc2ccc(Cl)c(O)c2)c(C)c1C. The molecule has 148 valence electrons. The van der Waals surface area contributed by atoms with Crippen LogP contribution < -0.4 is 4.72 Å². The molecular formula is C22H31ClN2OS. The minimum absolute atomic E-state index is 0.0898. The van der Waals surface area contributed by atoms with Gasteiger partial charge in [0.05, 0.1) is 5.02 Å². The second-order valence-electron chi connectivity index (χ2n) is 7.33. The lowest BCUT2D eigenvalue weighted by Gasteiger charge is -2.18. The van der Waals surface area contributed by atoms with E-state index in [4.69, 9.17) is 11.6 Å². The zero-order chi connectivity index (χ0) is 20.1. The van der Waals surface area contributed by atoms with Crippen LogP contribution in [-0.2, 0) is 0 Å². The standard InChI is InChI=1S/C17H20ClNOS.C5H11N/c1-9-10(2)12(4)17(13(5)11(9)3)21-19-14-6-7-15(18)16(20)8-14;1-6-4-2-3-5-6/h6-8,19-20H,1-5H3;2-5H2,1H3. The van der Waals surface area contributed by atoms with Crippen molar-refractivity contribution in [2.45, 2.75) is 52.4 Å². The van der Waals surface area contributed by atoms with Gasteiger partial charge >= 0.3 is 0 Å². The molecule has 1 fully saturated rings. The normalized spacial score (nSPS) is 14.0. The van der Waals surface area contributed by atoms with Crippen LogP contribution in [0.2, 0.25) is 5.02 Å². The Hall–Kier alpha value is -1.36. The second-order valence-corrected chi connectivity index (χ2v) is 8.56. The molecule has 1 saturated heterocycles. The highest BCUT2D eigenvalue weighted by molar-refractivity contribution is 8.00. The van der Waals surface area contributed by atoms with Gasteiger partial charge in [0.1, 0.15) is 5.75 Å². The van der Waals surface area contributed by atoms with Crippen LogP contribution in [0, 0.1) is 34.6 Å². The molecule has 0 amide bonds. The quantitative estimate of drug-likeness (QED) is 0.576.